The highest BCUT2D eigenvalue weighted by atomic mass is 16.2. The van der Waals surface area contributed by atoms with Gasteiger partial charge in [-0.2, -0.15) is 0 Å². The van der Waals surface area contributed by atoms with Crippen LogP contribution in [-0.4, -0.2) is 43.5 Å². The molecule has 0 unspecified atom stereocenters. The maximum absolute atomic E-state index is 12.6. The number of piperidine rings is 1. The Morgan fingerprint density at radius 1 is 1.12 bits per heavy atom. The second-order valence-electron chi connectivity index (χ2n) is 6.24. The fourth-order valence-corrected chi connectivity index (χ4v) is 3.26. The summed E-state index contributed by atoms with van der Waals surface area (Å²) in [7, 11) is 0. The standard InChI is InChI=1S/C18H19N5O/c1-13-5-6-15(12-19-13)18(24)22-10-7-14(8-11-22)17-21-20-16-4-2-3-9-23(16)17/h2-6,9,12,14H,7-8,10-11H2,1H3. The van der Waals surface area contributed by atoms with E-state index < -0.39 is 0 Å². The van der Waals surface area contributed by atoms with Crippen LogP contribution in [-0.2, 0) is 0 Å². The molecule has 1 fully saturated rings. The first-order valence-electron chi connectivity index (χ1n) is 8.24. The van der Waals surface area contributed by atoms with Crippen LogP contribution in [0.2, 0.25) is 0 Å². The third-order valence-electron chi connectivity index (χ3n) is 4.65. The van der Waals surface area contributed by atoms with Crippen molar-refractivity contribution in [2.45, 2.75) is 25.7 Å². The number of fused-ring (bicyclic) bond motifs is 1. The van der Waals surface area contributed by atoms with Gasteiger partial charge in [0.05, 0.1) is 5.56 Å². The molecule has 4 heterocycles. The summed E-state index contributed by atoms with van der Waals surface area (Å²) in [6.45, 7) is 3.39. The van der Waals surface area contributed by atoms with E-state index in [0.29, 0.717) is 11.5 Å². The first-order chi connectivity index (χ1) is 11.7. The van der Waals surface area contributed by atoms with Crippen LogP contribution in [0.5, 0.6) is 0 Å². The van der Waals surface area contributed by atoms with Gasteiger partial charge in [-0.25, -0.2) is 0 Å². The topological polar surface area (TPSA) is 63.4 Å². The average molecular weight is 321 g/mol. The largest absolute Gasteiger partial charge is 0.339 e. The monoisotopic (exact) mass is 321 g/mol. The van der Waals surface area contributed by atoms with Gasteiger partial charge in [-0.1, -0.05) is 6.07 Å². The number of pyridine rings is 2. The number of aryl methyl sites for hydroxylation is 1. The van der Waals surface area contributed by atoms with Gasteiger partial charge in [0.15, 0.2) is 5.65 Å². The minimum atomic E-state index is 0.0621. The molecule has 6 heteroatoms. The van der Waals surface area contributed by atoms with E-state index in [1.165, 1.54) is 0 Å². The molecular weight excluding hydrogens is 302 g/mol. The Morgan fingerprint density at radius 3 is 2.71 bits per heavy atom. The molecule has 1 saturated heterocycles. The summed E-state index contributed by atoms with van der Waals surface area (Å²) in [6.07, 6.45) is 5.47. The van der Waals surface area contributed by atoms with Crippen LogP contribution in [0.4, 0.5) is 0 Å². The number of aromatic nitrogens is 4. The molecule has 0 atom stereocenters. The summed E-state index contributed by atoms with van der Waals surface area (Å²) in [5.41, 5.74) is 2.45. The molecule has 0 aromatic carbocycles. The lowest BCUT2D eigenvalue weighted by Crippen LogP contribution is -2.38. The summed E-state index contributed by atoms with van der Waals surface area (Å²) >= 11 is 0. The highest BCUT2D eigenvalue weighted by Gasteiger charge is 2.27. The second-order valence-corrected chi connectivity index (χ2v) is 6.24. The van der Waals surface area contributed by atoms with E-state index in [2.05, 4.69) is 15.2 Å². The summed E-state index contributed by atoms with van der Waals surface area (Å²) in [5.74, 6) is 1.39. The first-order valence-corrected chi connectivity index (χ1v) is 8.24. The molecule has 0 radical (unpaired) electrons. The van der Waals surface area contributed by atoms with Gasteiger partial charge in [-0.3, -0.25) is 14.2 Å². The molecule has 1 aliphatic rings. The Morgan fingerprint density at radius 2 is 1.96 bits per heavy atom. The Bertz CT molecular complexity index is 863. The number of hydrogen-bond acceptors (Lipinski definition) is 4. The van der Waals surface area contributed by atoms with Crippen LogP contribution in [0.25, 0.3) is 5.65 Å². The molecular formula is C18H19N5O. The summed E-state index contributed by atoms with van der Waals surface area (Å²) in [6, 6.07) is 9.64. The second kappa shape index (κ2) is 6.03. The normalized spacial score (nSPS) is 15.8. The number of carbonyl (C=O) groups is 1. The van der Waals surface area contributed by atoms with Gasteiger partial charge in [0.25, 0.3) is 5.91 Å². The quantitative estimate of drug-likeness (QED) is 0.727. The van der Waals surface area contributed by atoms with Crippen molar-refractivity contribution < 1.29 is 4.79 Å². The molecule has 122 valence electrons. The Labute approximate surface area is 140 Å². The van der Waals surface area contributed by atoms with E-state index in [4.69, 9.17) is 0 Å². The fraction of sp³-hybridized carbons (Fsp3) is 0.333. The van der Waals surface area contributed by atoms with E-state index in [1.807, 2.05) is 52.8 Å². The molecule has 4 rings (SSSR count). The van der Waals surface area contributed by atoms with Crippen molar-refractivity contribution in [1.29, 1.82) is 0 Å². The Hall–Kier alpha value is -2.76. The van der Waals surface area contributed by atoms with E-state index in [0.717, 1.165) is 43.1 Å². The van der Waals surface area contributed by atoms with Crippen LogP contribution >= 0.6 is 0 Å². The molecule has 3 aromatic rings. The number of rotatable bonds is 2. The predicted octanol–water partition coefficient (Wildman–Crippen LogP) is 2.45. The third-order valence-corrected chi connectivity index (χ3v) is 4.65. The van der Waals surface area contributed by atoms with Crippen molar-refractivity contribution in [1.82, 2.24) is 24.5 Å². The van der Waals surface area contributed by atoms with Gasteiger partial charge in [0, 0.05) is 37.1 Å². The number of carbonyl (C=O) groups excluding carboxylic acids is 1. The van der Waals surface area contributed by atoms with Gasteiger partial charge >= 0.3 is 0 Å². The van der Waals surface area contributed by atoms with Crippen LogP contribution < -0.4 is 0 Å². The van der Waals surface area contributed by atoms with Crippen molar-refractivity contribution in [3.63, 3.8) is 0 Å². The summed E-state index contributed by atoms with van der Waals surface area (Å²) < 4.78 is 2.05. The van der Waals surface area contributed by atoms with Crippen molar-refractivity contribution in [2.24, 2.45) is 0 Å². The molecule has 1 amide bonds. The van der Waals surface area contributed by atoms with Crippen LogP contribution in [0.15, 0.2) is 42.7 Å². The molecule has 0 spiro atoms. The van der Waals surface area contributed by atoms with Gasteiger partial charge in [-0.05, 0) is 44.0 Å². The zero-order chi connectivity index (χ0) is 16.5. The van der Waals surface area contributed by atoms with Crippen molar-refractivity contribution in [2.75, 3.05) is 13.1 Å². The van der Waals surface area contributed by atoms with Gasteiger partial charge in [-0.15, -0.1) is 10.2 Å². The molecule has 3 aromatic heterocycles. The van der Waals surface area contributed by atoms with Crippen LogP contribution in [0, 0.1) is 6.92 Å². The van der Waals surface area contributed by atoms with Crippen LogP contribution in [0.1, 0.15) is 40.6 Å². The molecule has 0 aliphatic carbocycles. The molecule has 0 saturated carbocycles. The van der Waals surface area contributed by atoms with Gasteiger partial charge < -0.3 is 4.90 Å². The highest BCUT2D eigenvalue weighted by molar-refractivity contribution is 5.94. The lowest BCUT2D eigenvalue weighted by atomic mass is 9.95. The lowest BCUT2D eigenvalue weighted by Gasteiger charge is -2.31. The predicted molar refractivity (Wildman–Crippen MR) is 89.8 cm³/mol. The van der Waals surface area contributed by atoms with E-state index in [-0.39, 0.29) is 5.91 Å². The minimum Gasteiger partial charge on any atom is -0.339 e. The maximum Gasteiger partial charge on any atom is 0.255 e. The van der Waals surface area contributed by atoms with E-state index >= 15 is 0 Å². The van der Waals surface area contributed by atoms with Crippen molar-refractivity contribution >= 4 is 11.6 Å². The zero-order valence-electron chi connectivity index (χ0n) is 13.6. The molecule has 0 bridgehead atoms. The van der Waals surface area contributed by atoms with Crippen LogP contribution in [0.3, 0.4) is 0 Å². The average Bonchev–Trinajstić information content (AvgIpc) is 3.06. The van der Waals surface area contributed by atoms with E-state index in [9.17, 15) is 4.79 Å². The molecule has 6 nitrogen and oxygen atoms in total. The summed E-state index contributed by atoms with van der Waals surface area (Å²) in [4.78, 5) is 18.7. The maximum atomic E-state index is 12.6. The number of nitrogens with zero attached hydrogens (tertiary/aromatic N) is 5. The number of hydrogen-bond donors (Lipinski definition) is 0. The first kappa shape index (κ1) is 14.8. The van der Waals surface area contributed by atoms with Crippen molar-refractivity contribution in [3.8, 4) is 0 Å². The molecule has 1 aliphatic heterocycles. The molecule has 24 heavy (non-hydrogen) atoms. The Kier molecular flexibility index (Phi) is 3.72. The highest BCUT2D eigenvalue weighted by Crippen LogP contribution is 2.27. The van der Waals surface area contributed by atoms with Crippen molar-refractivity contribution in [3.05, 3.63) is 59.8 Å². The zero-order valence-corrected chi connectivity index (χ0v) is 13.6. The summed E-state index contributed by atoms with van der Waals surface area (Å²) in [5, 5.41) is 8.58. The molecule has 0 N–H and O–H groups in total. The minimum absolute atomic E-state index is 0.0621. The van der Waals surface area contributed by atoms with Gasteiger partial charge in [0.1, 0.15) is 5.82 Å². The smallest absolute Gasteiger partial charge is 0.255 e. The fourth-order valence-electron chi connectivity index (χ4n) is 3.26. The number of amides is 1. The lowest BCUT2D eigenvalue weighted by molar-refractivity contribution is 0.0710. The van der Waals surface area contributed by atoms with E-state index in [1.54, 1.807) is 6.20 Å². The Balaban J connectivity index is 1.47. The number of likely N-dealkylation sites (tertiary alicyclic amines) is 1. The van der Waals surface area contributed by atoms with Gasteiger partial charge in [0.2, 0.25) is 0 Å². The SMILES string of the molecule is Cc1ccc(C(=O)N2CCC(c3nnc4ccccn34)CC2)cn1. The third kappa shape index (κ3) is 2.64.